The summed E-state index contributed by atoms with van der Waals surface area (Å²) in [6, 6.07) is 18.3. The first-order chi connectivity index (χ1) is 16.4. The molecule has 4 rings (SSSR count). The number of fused-ring (bicyclic) bond motifs is 1. The number of carboxylic acid groups (broad SMARTS) is 1. The first-order valence-electron chi connectivity index (χ1n) is 11.0. The highest BCUT2D eigenvalue weighted by Crippen LogP contribution is 2.41. The maximum Gasteiger partial charge on any atom is 0.328 e. The number of furan rings is 1. The van der Waals surface area contributed by atoms with Crippen LogP contribution in [0.4, 0.5) is 4.39 Å². The van der Waals surface area contributed by atoms with E-state index < -0.39 is 5.97 Å². The number of ether oxygens (including phenoxy) is 1. The summed E-state index contributed by atoms with van der Waals surface area (Å²) in [6.45, 7) is 3.98. The molecule has 34 heavy (non-hydrogen) atoms. The molecule has 4 nitrogen and oxygen atoms in total. The van der Waals surface area contributed by atoms with Gasteiger partial charge in [-0.15, -0.1) is 0 Å². The van der Waals surface area contributed by atoms with E-state index in [0.29, 0.717) is 17.8 Å². The molecule has 0 fully saturated rings. The monoisotopic (exact) mass is 456 g/mol. The van der Waals surface area contributed by atoms with Gasteiger partial charge in [-0.3, -0.25) is 0 Å². The fraction of sp³-hybridized carbons (Fsp3) is 0.138. The lowest BCUT2D eigenvalue weighted by molar-refractivity contribution is -0.131. The third-order valence-electron chi connectivity index (χ3n) is 5.84. The van der Waals surface area contributed by atoms with Crippen LogP contribution in [0.15, 0.2) is 77.4 Å². The van der Waals surface area contributed by atoms with Crippen molar-refractivity contribution in [3.8, 4) is 5.75 Å². The second kappa shape index (κ2) is 9.79. The first-order valence-corrected chi connectivity index (χ1v) is 11.0. The molecule has 0 aliphatic rings. The predicted molar refractivity (Wildman–Crippen MR) is 133 cm³/mol. The van der Waals surface area contributed by atoms with E-state index in [9.17, 15) is 9.18 Å². The van der Waals surface area contributed by atoms with E-state index in [1.807, 2.05) is 55.5 Å². The molecule has 0 radical (unpaired) electrons. The van der Waals surface area contributed by atoms with Gasteiger partial charge in [0.2, 0.25) is 0 Å². The number of hydrogen-bond donors (Lipinski definition) is 1. The third-order valence-corrected chi connectivity index (χ3v) is 5.84. The average Bonchev–Trinajstić information content (AvgIpc) is 3.26. The number of carbonyl (C=O) groups is 1. The molecule has 0 saturated carbocycles. The van der Waals surface area contributed by atoms with Crippen molar-refractivity contribution in [3.05, 3.63) is 107 Å². The Morgan fingerprint density at radius 1 is 1.09 bits per heavy atom. The largest absolute Gasteiger partial charge is 0.493 e. The Bertz CT molecular complexity index is 1410. The summed E-state index contributed by atoms with van der Waals surface area (Å²) in [4.78, 5) is 10.9. The Kier molecular flexibility index (Phi) is 6.64. The van der Waals surface area contributed by atoms with Crippen molar-refractivity contribution in [1.29, 1.82) is 0 Å². The van der Waals surface area contributed by atoms with Crippen molar-refractivity contribution in [2.24, 2.45) is 0 Å². The van der Waals surface area contributed by atoms with Gasteiger partial charge in [-0.05, 0) is 71.0 Å². The molecule has 5 heteroatoms. The van der Waals surface area contributed by atoms with Crippen molar-refractivity contribution in [2.75, 3.05) is 7.11 Å². The molecule has 0 aliphatic carbocycles. The van der Waals surface area contributed by atoms with Gasteiger partial charge in [0.25, 0.3) is 0 Å². The number of allylic oxidation sites excluding steroid dienone is 1. The van der Waals surface area contributed by atoms with Gasteiger partial charge in [-0.2, -0.15) is 0 Å². The molecule has 172 valence electrons. The summed E-state index contributed by atoms with van der Waals surface area (Å²) < 4.78 is 25.3. The zero-order valence-corrected chi connectivity index (χ0v) is 19.3. The lowest BCUT2D eigenvalue weighted by atomic mass is 9.86. The maximum atomic E-state index is 13.9. The second-order valence-electron chi connectivity index (χ2n) is 7.95. The Balaban J connectivity index is 1.99. The summed E-state index contributed by atoms with van der Waals surface area (Å²) in [7, 11) is 1.61. The van der Waals surface area contributed by atoms with Crippen molar-refractivity contribution < 1.29 is 23.4 Å². The smallest absolute Gasteiger partial charge is 0.328 e. The number of rotatable bonds is 7. The number of halogens is 1. The number of para-hydroxylation sites is 1. The molecule has 0 unspecified atom stereocenters. The molecule has 4 aromatic rings. The van der Waals surface area contributed by atoms with Gasteiger partial charge < -0.3 is 14.3 Å². The van der Waals surface area contributed by atoms with Gasteiger partial charge in [0.05, 0.1) is 13.4 Å². The lowest BCUT2D eigenvalue weighted by Gasteiger charge is -2.17. The fourth-order valence-electron chi connectivity index (χ4n) is 4.27. The fourth-order valence-corrected chi connectivity index (χ4v) is 4.27. The van der Waals surface area contributed by atoms with Gasteiger partial charge in [-0.25, -0.2) is 9.18 Å². The van der Waals surface area contributed by atoms with Gasteiger partial charge in [0.1, 0.15) is 5.82 Å². The molecule has 1 N–H and O–H groups in total. The van der Waals surface area contributed by atoms with Gasteiger partial charge in [0, 0.05) is 17.0 Å². The zero-order chi connectivity index (χ0) is 24.2. The molecular formula is C29H25FO4. The molecule has 0 bridgehead atoms. The van der Waals surface area contributed by atoms with Crippen LogP contribution in [-0.4, -0.2) is 18.2 Å². The molecule has 0 spiro atoms. The van der Waals surface area contributed by atoms with Crippen LogP contribution in [0.3, 0.4) is 0 Å². The Labute approximate surface area is 197 Å². The van der Waals surface area contributed by atoms with Crippen molar-refractivity contribution in [2.45, 2.75) is 20.3 Å². The Hall–Kier alpha value is -4.12. The van der Waals surface area contributed by atoms with Crippen molar-refractivity contribution in [1.82, 2.24) is 0 Å². The summed E-state index contributed by atoms with van der Waals surface area (Å²) in [6.07, 6.45) is 5.10. The van der Waals surface area contributed by atoms with Gasteiger partial charge >= 0.3 is 5.97 Å². The van der Waals surface area contributed by atoms with E-state index in [4.69, 9.17) is 14.3 Å². The van der Waals surface area contributed by atoms with E-state index in [-0.39, 0.29) is 5.82 Å². The van der Waals surface area contributed by atoms with E-state index in [1.54, 1.807) is 25.5 Å². The van der Waals surface area contributed by atoms with E-state index in [1.165, 1.54) is 6.07 Å². The highest BCUT2D eigenvalue weighted by Gasteiger charge is 2.20. The standard InChI is InChI=1S/C29H25FO4/c1-4-22(23-14-13-21(30)16-18(23)2)28(20-11-8-19(9-12-20)10-15-27(31)32)25-17-34-29-24(25)6-5-7-26(29)33-3/h5-17H,4H2,1-3H3,(H,31,32). The first kappa shape index (κ1) is 23.1. The molecule has 0 amide bonds. The zero-order valence-electron chi connectivity index (χ0n) is 19.3. The van der Waals surface area contributed by atoms with Crippen LogP contribution in [0.2, 0.25) is 0 Å². The van der Waals surface area contributed by atoms with Crippen molar-refractivity contribution in [3.63, 3.8) is 0 Å². The van der Waals surface area contributed by atoms with E-state index >= 15 is 0 Å². The van der Waals surface area contributed by atoms with Crippen LogP contribution in [0, 0.1) is 12.7 Å². The van der Waals surface area contributed by atoms with E-state index in [2.05, 4.69) is 6.92 Å². The van der Waals surface area contributed by atoms with Crippen LogP contribution in [0.1, 0.15) is 41.2 Å². The molecule has 0 saturated heterocycles. The van der Waals surface area contributed by atoms with Crippen LogP contribution in [-0.2, 0) is 4.79 Å². The van der Waals surface area contributed by atoms with Crippen LogP contribution >= 0.6 is 0 Å². The van der Waals surface area contributed by atoms with Crippen LogP contribution in [0.5, 0.6) is 5.75 Å². The average molecular weight is 457 g/mol. The Morgan fingerprint density at radius 2 is 1.85 bits per heavy atom. The molecule has 1 aromatic heterocycles. The SMILES string of the molecule is CCC(=C(c1ccc(C=CC(=O)O)cc1)c1coc2c(OC)cccc12)c1ccc(F)cc1C. The number of aryl methyl sites for hydroxylation is 1. The summed E-state index contributed by atoms with van der Waals surface area (Å²) in [5.41, 5.74) is 7.12. The van der Waals surface area contributed by atoms with E-state index in [0.717, 1.165) is 50.4 Å². The predicted octanol–water partition coefficient (Wildman–Crippen LogP) is 7.36. The van der Waals surface area contributed by atoms with Gasteiger partial charge in [0.15, 0.2) is 11.3 Å². The number of benzene rings is 3. The molecular weight excluding hydrogens is 431 g/mol. The number of hydrogen-bond acceptors (Lipinski definition) is 3. The molecule has 1 heterocycles. The van der Waals surface area contributed by atoms with Gasteiger partial charge in [-0.1, -0.05) is 49.4 Å². The summed E-state index contributed by atoms with van der Waals surface area (Å²) >= 11 is 0. The highest BCUT2D eigenvalue weighted by molar-refractivity contribution is 6.06. The third kappa shape index (κ3) is 4.50. The second-order valence-corrected chi connectivity index (χ2v) is 7.95. The van der Waals surface area contributed by atoms with Crippen LogP contribution < -0.4 is 4.74 Å². The normalized spacial score (nSPS) is 12.2. The minimum atomic E-state index is -0.997. The quantitative estimate of drug-likeness (QED) is 0.233. The number of carboxylic acids is 1. The lowest BCUT2D eigenvalue weighted by Crippen LogP contribution is -1.97. The van der Waals surface area contributed by atoms with Crippen molar-refractivity contribution >= 4 is 34.2 Å². The topological polar surface area (TPSA) is 59.7 Å². The van der Waals surface area contributed by atoms with Crippen LogP contribution in [0.25, 0.3) is 28.2 Å². The minimum absolute atomic E-state index is 0.272. The summed E-state index contributed by atoms with van der Waals surface area (Å²) in [5.74, 6) is -0.622. The Morgan fingerprint density at radius 3 is 2.50 bits per heavy atom. The maximum absolute atomic E-state index is 13.9. The highest BCUT2D eigenvalue weighted by atomic mass is 19.1. The molecule has 3 aromatic carbocycles. The minimum Gasteiger partial charge on any atom is -0.493 e. The number of aliphatic carboxylic acids is 1. The summed E-state index contributed by atoms with van der Waals surface area (Å²) in [5, 5.41) is 9.83. The number of methoxy groups -OCH3 is 1. The molecule has 0 atom stereocenters. The molecule has 0 aliphatic heterocycles.